The molecule has 0 heterocycles. The molecule has 0 amide bonds. The SMILES string of the molecule is C\C=C/C(/C=N\C(=C/C(N)=Nc1cc(OC)cc(OC)c1C)C(F)(F)F)=C\C=N. The fourth-order valence-electron chi connectivity index (χ4n) is 2.17. The Morgan fingerprint density at radius 2 is 1.90 bits per heavy atom. The van der Waals surface area contributed by atoms with Crippen LogP contribution in [0.4, 0.5) is 18.9 Å². The van der Waals surface area contributed by atoms with Gasteiger partial charge in [0.05, 0.1) is 19.9 Å². The van der Waals surface area contributed by atoms with Crippen LogP contribution >= 0.6 is 0 Å². The standard InChI is InChI=1S/C20H23F3N4O2/c1-5-6-14(7-8-24)12-26-18(20(21,22)23)11-19(25)27-16-9-15(28-3)10-17(29-4)13(16)2/h5-12,24H,1-4H3,(H2,25,27)/b6-5-,14-7+,18-11-,24-8?,26-12-. The van der Waals surface area contributed by atoms with Gasteiger partial charge in [-0.25, -0.2) is 4.99 Å². The minimum Gasteiger partial charge on any atom is -0.497 e. The third-order valence-corrected chi connectivity index (χ3v) is 3.57. The van der Waals surface area contributed by atoms with Crippen molar-refractivity contribution in [3.63, 3.8) is 0 Å². The number of alkyl halides is 3. The molecule has 29 heavy (non-hydrogen) atoms. The lowest BCUT2D eigenvalue weighted by Gasteiger charge is -2.11. The molecule has 1 rings (SSSR count). The van der Waals surface area contributed by atoms with Gasteiger partial charge in [-0.3, -0.25) is 4.99 Å². The zero-order chi connectivity index (χ0) is 22.0. The van der Waals surface area contributed by atoms with E-state index in [2.05, 4.69) is 9.98 Å². The lowest BCUT2D eigenvalue weighted by molar-refractivity contribution is -0.0921. The second-order valence-corrected chi connectivity index (χ2v) is 5.63. The average molecular weight is 408 g/mol. The molecule has 156 valence electrons. The van der Waals surface area contributed by atoms with Crippen molar-refractivity contribution in [2.45, 2.75) is 20.0 Å². The van der Waals surface area contributed by atoms with Crippen LogP contribution in [0.25, 0.3) is 0 Å². The Kier molecular flexibility index (Phi) is 8.85. The molecule has 0 bridgehead atoms. The molecular weight excluding hydrogens is 385 g/mol. The Bertz CT molecular complexity index is 882. The van der Waals surface area contributed by atoms with Crippen LogP contribution in [0, 0.1) is 12.3 Å². The van der Waals surface area contributed by atoms with Gasteiger partial charge in [0.25, 0.3) is 0 Å². The number of amidine groups is 1. The topological polar surface area (TPSA) is 93.1 Å². The molecule has 3 N–H and O–H groups in total. The van der Waals surface area contributed by atoms with E-state index in [1.165, 1.54) is 32.4 Å². The largest absolute Gasteiger partial charge is 0.497 e. The first-order chi connectivity index (χ1) is 13.7. The lowest BCUT2D eigenvalue weighted by Crippen LogP contribution is -2.16. The fraction of sp³-hybridized carbons (Fsp3) is 0.250. The van der Waals surface area contributed by atoms with E-state index in [1.807, 2.05) is 0 Å². The highest BCUT2D eigenvalue weighted by atomic mass is 19.4. The summed E-state index contributed by atoms with van der Waals surface area (Å²) in [6.45, 7) is 3.39. The van der Waals surface area contributed by atoms with E-state index < -0.39 is 17.7 Å². The zero-order valence-electron chi connectivity index (χ0n) is 16.5. The minimum atomic E-state index is -4.75. The summed E-state index contributed by atoms with van der Waals surface area (Å²) in [7, 11) is 2.90. The van der Waals surface area contributed by atoms with Crippen molar-refractivity contribution in [1.82, 2.24) is 0 Å². The molecule has 0 aliphatic heterocycles. The molecule has 0 unspecified atom stereocenters. The summed E-state index contributed by atoms with van der Waals surface area (Å²) >= 11 is 0. The smallest absolute Gasteiger partial charge is 0.433 e. The quantitative estimate of drug-likeness (QED) is 0.372. The monoisotopic (exact) mass is 408 g/mol. The van der Waals surface area contributed by atoms with Gasteiger partial charge in [0.1, 0.15) is 23.0 Å². The third-order valence-electron chi connectivity index (χ3n) is 3.57. The Morgan fingerprint density at radius 3 is 2.41 bits per heavy atom. The highest BCUT2D eigenvalue weighted by Crippen LogP contribution is 2.33. The first kappa shape index (κ1) is 23.7. The number of halogens is 3. The maximum Gasteiger partial charge on any atom is 0.433 e. The Hall–Kier alpha value is -3.36. The first-order valence-electron chi connectivity index (χ1n) is 8.39. The number of benzene rings is 1. The van der Waals surface area contributed by atoms with E-state index in [-0.39, 0.29) is 0 Å². The third kappa shape index (κ3) is 7.28. The molecule has 1 aromatic carbocycles. The van der Waals surface area contributed by atoms with Gasteiger partial charge in [0.2, 0.25) is 0 Å². The molecule has 0 atom stereocenters. The van der Waals surface area contributed by atoms with Gasteiger partial charge in [-0.2, -0.15) is 13.2 Å². The van der Waals surface area contributed by atoms with Gasteiger partial charge < -0.3 is 20.6 Å². The maximum atomic E-state index is 13.3. The molecule has 0 saturated carbocycles. The van der Waals surface area contributed by atoms with Gasteiger partial charge in [0.15, 0.2) is 0 Å². The van der Waals surface area contributed by atoms with Gasteiger partial charge in [0, 0.05) is 36.2 Å². The Morgan fingerprint density at radius 1 is 1.21 bits per heavy atom. The van der Waals surface area contributed by atoms with Crippen molar-refractivity contribution in [3.05, 3.63) is 53.3 Å². The van der Waals surface area contributed by atoms with Crippen LogP contribution in [-0.2, 0) is 0 Å². The number of rotatable bonds is 8. The summed E-state index contributed by atoms with van der Waals surface area (Å²) < 4.78 is 50.4. The molecule has 0 aliphatic carbocycles. The van der Waals surface area contributed by atoms with Crippen molar-refractivity contribution < 1.29 is 22.6 Å². The van der Waals surface area contributed by atoms with E-state index in [4.69, 9.17) is 20.6 Å². The summed E-state index contributed by atoms with van der Waals surface area (Å²) in [5.74, 6) is 0.489. The predicted molar refractivity (Wildman–Crippen MR) is 110 cm³/mol. The van der Waals surface area contributed by atoms with Crippen LogP contribution in [-0.4, -0.2) is 38.7 Å². The number of methoxy groups -OCH3 is 2. The van der Waals surface area contributed by atoms with E-state index in [9.17, 15) is 13.2 Å². The molecule has 0 saturated heterocycles. The van der Waals surface area contributed by atoms with E-state index in [1.54, 1.807) is 26.0 Å². The molecule has 1 aromatic rings. The number of aliphatic imine (C=N–C) groups is 2. The van der Waals surface area contributed by atoms with Crippen LogP contribution in [0.5, 0.6) is 11.5 Å². The van der Waals surface area contributed by atoms with Crippen LogP contribution in [0.15, 0.2) is 57.7 Å². The second kappa shape index (κ2) is 10.8. The number of hydrogen-bond donors (Lipinski definition) is 2. The minimum absolute atomic E-state index is 0.304. The number of ether oxygens (including phenoxy) is 2. The molecule has 6 nitrogen and oxygen atoms in total. The first-order valence-corrected chi connectivity index (χ1v) is 8.39. The normalized spacial score (nSPS) is 14.0. The van der Waals surface area contributed by atoms with E-state index in [0.717, 1.165) is 12.4 Å². The van der Waals surface area contributed by atoms with Crippen LogP contribution in [0.3, 0.4) is 0 Å². The fourth-order valence-corrected chi connectivity index (χ4v) is 2.17. The maximum absolute atomic E-state index is 13.3. The van der Waals surface area contributed by atoms with Gasteiger partial charge >= 0.3 is 6.18 Å². The summed E-state index contributed by atoms with van der Waals surface area (Å²) in [6, 6.07) is 3.16. The lowest BCUT2D eigenvalue weighted by atomic mass is 10.1. The van der Waals surface area contributed by atoms with Gasteiger partial charge in [-0.15, -0.1) is 0 Å². The molecule has 0 spiro atoms. The molecular formula is C20H23F3N4O2. The average Bonchev–Trinajstić information content (AvgIpc) is 2.65. The number of allylic oxidation sites excluding steroid dienone is 5. The van der Waals surface area contributed by atoms with Crippen LogP contribution in [0.2, 0.25) is 0 Å². The molecule has 0 aromatic heterocycles. The van der Waals surface area contributed by atoms with Crippen molar-refractivity contribution in [1.29, 1.82) is 5.41 Å². The zero-order valence-corrected chi connectivity index (χ0v) is 16.5. The summed E-state index contributed by atoms with van der Waals surface area (Å²) in [4.78, 5) is 7.53. The summed E-state index contributed by atoms with van der Waals surface area (Å²) in [6.07, 6.45) is 2.29. The molecule has 9 heteroatoms. The number of nitrogens with one attached hydrogen (secondary N) is 1. The van der Waals surface area contributed by atoms with Crippen LogP contribution < -0.4 is 15.2 Å². The number of hydrogen-bond acceptors (Lipinski definition) is 5. The van der Waals surface area contributed by atoms with Crippen molar-refractivity contribution in [2.75, 3.05) is 14.2 Å². The highest BCUT2D eigenvalue weighted by Gasteiger charge is 2.33. The van der Waals surface area contributed by atoms with E-state index in [0.29, 0.717) is 34.4 Å². The second-order valence-electron chi connectivity index (χ2n) is 5.63. The summed E-state index contributed by atoms with van der Waals surface area (Å²) in [5, 5.41) is 7.05. The van der Waals surface area contributed by atoms with Crippen molar-refractivity contribution in [2.24, 2.45) is 15.7 Å². The summed E-state index contributed by atoms with van der Waals surface area (Å²) in [5.41, 5.74) is 5.72. The Balaban J connectivity index is 3.41. The Labute approximate surface area is 167 Å². The van der Waals surface area contributed by atoms with E-state index >= 15 is 0 Å². The number of nitrogens with two attached hydrogens (primary N) is 1. The van der Waals surface area contributed by atoms with Gasteiger partial charge in [-0.1, -0.05) is 12.2 Å². The highest BCUT2D eigenvalue weighted by molar-refractivity contribution is 5.95. The molecule has 0 radical (unpaired) electrons. The van der Waals surface area contributed by atoms with Gasteiger partial charge in [-0.05, 0) is 25.5 Å². The van der Waals surface area contributed by atoms with Crippen LogP contribution in [0.1, 0.15) is 12.5 Å². The van der Waals surface area contributed by atoms with Crippen molar-refractivity contribution in [3.8, 4) is 11.5 Å². The molecule has 0 aliphatic rings. The number of nitrogens with zero attached hydrogens (tertiary/aromatic N) is 2. The van der Waals surface area contributed by atoms with Crippen molar-refractivity contribution >= 4 is 24.0 Å². The molecule has 0 fully saturated rings. The predicted octanol–water partition coefficient (Wildman–Crippen LogP) is 4.67.